The van der Waals surface area contributed by atoms with Crippen molar-refractivity contribution >= 4 is 23.5 Å². The summed E-state index contributed by atoms with van der Waals surface area (Å²) in [5.41, 5.74) is 5.85. The highest BCUT2D eigenvalue weighted by Crippen LogP contribution is 2.21. The molecule has 0 aliphatic heterocycles. The Labute approximate surface area is 173 Å². The average Bonchev–Trinajstić information content (AvgIpc) is 2.58. The van der Waals surface area contributed by atoms with Gasteiger partial charge in [-0.25, -0.2) is 0 Å². The highest BCUT2D eigenvalue weighted by Gasteiger charge is 2.14. The molecule has 0 aliphatic rings. The fourth-order valence-electron chi connectivity index (χ4n) is 1.92. The largest absolute Gasteiger partial charge is 0.507 e. The Morgan fingerprint density at radius 1 is 1.14 bits per heavy atom. The number of hydrogen-bond acceptors (Lipinski definition) is 4. The number of phenols is 1. The number of carboxylic acid groups (broad SMARTS) is 1. The lowest BCUT2D eigenvalue weighted by Gasteiger charge is -2.22. The molecule has 6 nitrogen and oxygen atoms in total. The molecule has 0 fully saturated rings. The van der Waals surface area contributed by atoms with Crippen LogP contribution in [-0.2, 0) is 4.79 Å². The Kier molecular flexibility index (Phi) is 12.5. The first-order chi connectivity index (χ1) is 12.9. The number of nitrogens with two attached hydrogens (primary N) is 1. The van der Waals surface area contributed by atoms with E-state index in [1.165, 1.54) is 18.2 Å². The van der Waals surface area contributed by atoms with Gasteiger partial charge in [-0.05, 0) is 50.8 Å². The van der Waals surface area contributed by atoms with E-state index in [2.05, 4.69) is 19.2 Å². The van der Waals surface area contributed by atoms with Crippen molar-refractivity contribution in [2.75, 3.05) is 6.54 Å². The summed E-state index contributed by atoms with van der Waals surface area (Å²) < 4.78 is 0. The maximum atomic E-state index is 11.8. The molecule has 160 valence electrons. The maximum absolute atomic E-state index is 11.8. The van der Waals surface area contributed by atoms with Crippen LogP contribution < -0.4 is 11.1 Å². The second kappa shape index (κ2) is 13.4. The van der Waals surface area contributed by atoms with Crippen molar-refractivity contribution in [2.45, 2.75) is 71.8 Å². The first-order valence-corrected chi connectivity index (χ1v) is 10.1. The summed E-state index contributed by atoms with van der Waals surface area (Å²) in [5, 5.41) is 21.2. The number of carboxylic acids is 1. The smallest absolute Gasteiger partial charge is 0.303 e. The molecule has 0 aliphatic carbocycles. The highest BCUT2D eigenvalue weighted by molar-refractivity contribution is 6.31. The summed E-state index contributed by atoms with van der Waals surface area (Å²) in [4.78, 5) is 22.2. The second-order valence-electron chi connectivity index (χ2n) is 7.80. The molecule has 28 heavy (non-hydrogen) atoms. The van der Waals surface area contributed by atoms with Gasteiger partial charge in [-0.15, -0.1) is 0 Å². The third-order valence-corrected chi connectivity index (χ3v) is 4.78. The molecule has 0 spiro atoms. The van der Waals surface area contributed by atoms with E-state index in [0.717, 1.165) is 25.7 Å². The fourth-order valence-corrected chi connectivity index (χ4v) is 2.09. The second-order valence-corrected chi connectivity index (χ2v) is 8.24. The summed E-state index contributed by atoms with van der Waals surface area (Å²) in [6.07, 6.45) is 4.49. The number of phenolic OH excluding ortho intramolecular Hbond substituents is 1. The van der Waals surface area contributed by atoms with Crippen LogP contribution in [0, 0.1) is 5.92 Å². The molecule has 0 aromatic heterocycles. The molecule has 0 saturated heterocycles. The van der Waals surface area contributed by atoms with Crippen LogP contribution >= 0.6 is 11.6 Å². The summed E-state index contributed by atoms with van der Waals surface area (Å²) in [5.74, 6) is -0.623. The van der Waals surface area contributed by atoms with Gasteiger partial charge in [0.1, 0.15) is 5.75 Å². The number of amides is 1. The van der Waals surface area contributed by atoms with Gasteiger partial charge in [-0.1, -0.05) is 44.7 Å². The third kappa shape index (κ3) is 12.6. The zero-order valence-corrected chi connectivity index (χ0v) is 18.2. The van der Waals surface area contributed by atoms with Crippen LogP contribution in [0.25, 0.3) is 0 Å². The van der Waals surface area contributed by atoms with E-state index in [1.54, 1.807) is 0 Å². The molecule has 0 unspecified atom stereocenters. The summed E-state index contributed by atoms with van der Waals surface area (Å²) in [6, 6.07) is 4.34. The van der Waals surface area contributed by atoms with Crippen molar-refractivity contribution in [3.63, 3.8) is 0 Å². The van der Waals surface area contributed by atoms with Crippen LogP contribution in [0.2, 0.25) is 5.02 Å². The van der Waals surface area contributed by atoms with Crippen molar-refractivity contribution in [1.82, 2.24) is 5.32 Å². The van der Waals surface area contributed by atoms with Crippen LogP contribution in [0.15, 0.2) is 18.2 Å². The van der Waals surface area contributed by atoms with Crippen LogP contribution in [-0.4, -0.2) is 34.2 Å². The lowest BCUT2D eigenvalue weighted by molar-refractivity contribution is -0.137. The summed E-state index contributed by atoms with van der Waals surface area (Å²) in [7, 11) is 0. The number of nitrogens with one attached hydrogen (secondary N) is 1. The van der Waals surface area contributed by atoms with E-state index in [0.29, 0.717) is 23.9 Å². The van der Waals surface area contributed by atoms with Gasteiger partial charge in [0, 0.05) is 23.5 Å². The molecule has 1 aromatic rings. The van der Waals surface area contributed by atoms with E-state index >= 15 is 0 Å². The van der Waals surface area contributed by atoms with E-state index in [1.807, 2.05) is 13.8 Å². The Hall–Kier alpha value is -1.79. The van der Waals surface area contributed by atoms with Crippen molar-refractivity contribution < 1.29 is 19.8 Å². The van der Waals surface area contributed by atoms with Crippen LogP contribution in [0.4, 0.5) is 0 Å². The van der Waals surface area contributed by atoms with Gasteiger partial charge in [-0.2, -0.15) is 0 Å². The normalized spacial score (nSPS) is 11.0. The van der Waals surface area contributed by atoms with Crippen LogP contribution in [0.5, 0.6) is 5.75 Å². The molecule has 1 aromatic carbocycles. The number of halogens is 1. The lowest BCUT2D eigenvalue weighted by Crippen LogP contribution is -2.37. The molecular weight excluding hydrogens is 380 g/mol. The number of aromatic hydroxyl groups is 1. The third-order valence-electron chi connectivity index (χ3n) is 4.54. The van der Waals surface area contributed by atoms with Gasteiger partial charge >= 0.3 is 5.97 Å². The van der Waals surface area contributed by atoms with E-state index < -0.39 is 5.97 Å². The molecule has 0 heterocycles. The number of carbonyl (C=O) groups is 2. The zero-order valence-electron chi connectivity index (χ0n) is 17.4. The number of carbonyl (C=O) groups excluding carboxylic acids is 1. The quantitative estimate of drug-likeness (QED) is 0.418. The van der Waals surface area contributed by atoms with Gasteiger partial charge < -0.3 is 21.3 Å². The number of rotatable bonds is 10. The fraction of sp³-hybridized carbons (Fsp3) is 0.619. The number of unbranched alkanes of at least 4 members (excludes halogenated alkanes) is 4. The standard InChI is InChI=1S/C15H20ClNO4.C6H15N/c16-11-7-8-13(18)12(10-11)15(21)17-9-5-3-1-2-4-6-14(19)20;1-5(2)6(3,4)7/h7-8,10,18H,1-6,9H2,(H,17,21)(H,19,20);5H,7H2,1-4H3. The highest BCUT2D eigenvalue weighted by atomic mass is 35.5. The lowest BCUT2D eigenvalue weighted by atomic mass is 9.92. The Bertz CT molecular complexity index is 613. The molecule has 0 saturated carbocycles. The molecule has 0 bridgehead atoms. The molecular formula is C21H35ClN2O4. The first kappa shape index (κ1) is 26.2. The maximum Gasteiger partial charge on any atom is 0.303 e. The summed E-state index contributed by atoms with van der Waals surface area (Å²) in [6.45, 7) is 8.85. The molecule has 5 N–H and O–H groups in total. The van der Waals surface area contributed by atoms with Crippen LogP contribution in [0.3, 0.4) is 0 Å². The minimum absolute atomic E-state index is 0. The van der Waals surface area contributed by atoms with Crippen molar-refractivity contribution in [3.8, 4) is 5.75 Å². The topological polar surface area (TPSA) is 113 Å². The predicted octanol–water partition coefficient (Wildman–Crippen LogP) is 4.58. The Morgan fingerprint density at radius 3 is 2.21 bits per heavy atom. The first-order valence-electron chi connectivity index (χ1n) is 9.72. The number of aliphatic carboxylic acids is 1. The van der Waals surface area contributed by atoms with Gasteiger partial charge in [0.05, 0.1) is 5.56 Å². The zero-order chi connectivity index (χ0) is 21.7. The van der Waals surface area contributed by atoms with Crippen molar-refractivity contribution in [3.05, 3.63) is 28.8 Å². The monoisotopic (exact) mass is 414 g/mol. The molecule has 1 amide bonds. The van der Waals surface area contributed by atoms with Gasteiger partial charge in [0.25, 0.3) is 5.91 Å². The minimum atomic E-state index is -0.761. The molecule has 0 radical (unpaired) electrons. The Balaban J connectivity index is 0.000000887. The Morgan fingerprint density at radius 2 is 1.68 bits per heavy atom. The van der Waals surface area contributed by atoms with Crippen LogP contribution in [0.1, 0.15) is 76.6 Å². The van der Waals surface area contributed by atoms with Crippen molar-refractivity contribution in [1.29, 1.82) is 0 Å². The van der Waals surface area contributed by atoms with E-state index in [-0.39, 0.29) is 29.2 Å². The SMILES string of the molecule is CC(C)C(C)(C)N.O=C(O)CCCCCCCNC(=O)c1cc(Cl)ccc1O. The average molecular weight is 415 g/mol. The summed E-state index contributed by atoms with van der Waals surface area (Å²) >= 11 is 5.78. The predicted molar refractivity (Wildman–Crippen MR) is 114 cm³/mol. The number of hydrogen-bond donors (Lipinski definition) is 4. The van der Waals surface area contributed by atoms with E-state index in [4.69, 9.17) is 22.4 Å². The van der Waals surface area contributed by atoms with Crippen molar-refractivity contribution in [2.24, 2.45) is 11.7 Å². The minimum Gasteiger partial charge on any atom is -0.507 e. The molecule has 7 heteroatoms. The van der Waals surface area contributed by atoms with Gasteiger partial charge in [0.15, 0.2) is 0 Å². The van der Waals surface area contributed by atoms with Gasteiger partial charge in [-0.3, -0.25) is 9.59 Å². The van der Waals surface area contributed by atoms with E-state index in [9.17, 15) is 14.7 Å². The van der Waals surface area contributed by atoms with Gasteiger partial charge in [0.2, 0.25) is 0 Å². The molecule has 1 rings (SSSR count). The number of benzene rings is 1. The molecule has 0 atom stereocenters.